The molecular weight excluding hydrogens is 224 g/mol. The fourth-order valence-corrected chi connectivity index (χ4v) is 1.65. The monoisotopic (exact) mass is 242 g/mol. The van der Waals surface area contributed by atoms with Crippen molar-refractivity contribution in [2.75, 3.05) is 5.32 Å². The fourth-order valence-electron chi connectivity index (χ4n) is 1.65. The lowest BCUT2D eigenvalue weighted by Crippen LogP contribution is -2.29. The lowest BCUT2D eigenvalue weighted by Gasteiger charge is -2.20. The van der Waals surface area contributed by atoms with Gasteiger partial charge in [-0.2, -0.15) is 5.10 Å². The molecule has 1 N–H and O–H groups in total. The van der Waals surface area contributed by atoms with Gasteiger partial charge in [-0.3, -0.25) is 0 Å². The Morgan fingerprint density at radius 1 is 1.44 bits per heavy atom. The second-order valence-corrected chi connectivity index (χ2v) is 5.22. The standard InChI is InChI=1S/C14H18N4/c1-6-14(4,5)16-13-12-9-11(10(2)3)17-18(12)8-7-15-13/h1,7-10H,2-5H3,(H,15,16). The van der Waals surface area contributed by atoms with Gasteiger partial charge in [-0.15, -0.1) is 6.42 Å². The number of hydrogen-bond donors (Lipinski definition) is 1. The molecule has 18 heavy (non-hydrogen) atoms. The van der Waals surface area contributed by atoms with Crippen LogP contribution in [-0.2, 0) is 0 Å². The third-order valence-corrected chi connectivity index (χ3v) is 2.79. The molecule has 0 aliphatic rings. The number of aromatic nitrogens is 3. The Morgan fingerprint density at radius 2 is 2.17 bits per heavy atom. The van der Waals surface area contributed by atoms with Crippen LogP contribution in [0.5, 0.6) is 0 Å². The van der Waals surface area contributed by atoms with Crippen LogP contribution in [0.3, 0.4) is 0 Å². The number of hydrogen-bond acceptors (Lipinski definition) is 3. The number of anilines is 1. The molecular formula is C14H18N4. The summed E-state index contributed by atoms with van der Waals surface area (Å²) in [4.78, 5) is 4.35. The maximum absolute atomic E-state index is 5.49. The van der Waals surface area contributed by atoms with Gasteiger partial charge in [-0.05, 0) is 25.8 Å². The van der Waals surface area contributed by atoms with Crippen LogP contribution in [0.15, 0.2) is 18.5 Å². The van der Waals surface area contributed by atoms with Crippen molar-refractivity contribution < 1.29 is 0 Å². The van der Waals surface area contributed by atoms with Gasteiger partial charge >= 0.3 is 0 Å². The Kier molecular flexibility index (Phi) is 3.00. The van der Waals surface area contributed by atoms with E-state index in [0.29, 0.717) is 5.92 Å². The summed E-state index contributed by atoms with van der Waals surface area (Å²) in [7, 11) is 0. The third kappa shape index (κ3) is 2.30. The number of fused-ring (bicyclic) bond motifs is 1. The minimum absolute atomic E-state index is 0.387. The predicted molar refractivity (Wildman–Crippen MR) is 73.6 cm³/mol. The van der Waals surface area contributed by atoms with E-state index in [1.54, 1.807) is 6.20 Å². The minimum atomic E-state index is -0.433. The molecule has 4 nitrogen and oxygen atoms in total. The van der Waals surface area contributed by atoms with Crippen molar-refractivity contribution in [2.24, 2.45) is 0 Å². The Morgan fingerprint density at radius 3 is 2.78 bits per heavy atom. The highest BCUT2D eigenvalue weighted by Crippen LogP contribution is 2.22. The molecule has 0 atom stereocenters. The first-order valence-corrected chi connectivity index (χ1v) is 6.03. The maximum atomic E-state index is 5.49. The highest BCUT2D eigenvalue weighted by molar-refractivity contribution is 5.69. The van der Waals surface area contributed by atoms with Crippen molar-refractivity contribution in [1.29, 1.82) is 0 Å². The molecule has 2 aromatic rings. The average Bonchev–Trinajstić information content (AvgIpc) is 2.74. The topological polar surface area (TPSA) is 42.2 Å². The molecule has 0 aromatic carbocycles. The van der Waals surface area contributed by atoms with Gasteiger partial charge < -0.3 is 5.32 Å². The Hall–Kier alpha value is -2.02. The molecule has 2 aromatic heterocycles. The van der Waals surface area contributed by atoms with Crippen molar-refractivity contribution in [3.8, 4) is 12.3 Å². The largest absolute Gasteiger partial charge is 0.353 e. The maximum Gasteiger partial charge on any atom is 0.153 e. The molecule has 2 heterocycles. The Balaban J connectivity index is 2.49. The summed E-state index contributed by atoms with van der Waals surface area (Å²) >= 11 is 0. The summed E-state index contributed by atoms with van der Waals surface area (Å²) in [5.74, 6) is 3.85. The van der Waals surface area contributed by atoms with Gasteiger partial charge in [0, 0.05) is 12.4 Å². The number of nitrogens with one attached hydrogen (secondary N) is 1. The summed E-state index contributed by atoms with van der Waals surface area (Å²) in [6, 6.07) is 2.05. The van der Waals surface area contributed by atoms with Gasteiger partial charge in [-0.1, -0.05) is 19.8 Å². The molecule has 0 saturated carbocycles. The van der Waals surface area contributed by atoms with E-state index in [-0.39, 0.29) is 0 Å². The van der Waals surface area contributed by atoms with Crippen LogP contribution in [0, 0.1) is 12.3 Å². The molecule has 0 aliphatic heterocycles. The molecule has 0 aliphatic carbocycles. The average molecular weight is 242 g/mol. The first-order valence-electron chi connectivity index (χ1n) is 6.03. The van der Waals surface area contributed by atoms with Gasteiger partial charge in [0.15, 0.2) is 5.82 Å². The zero-order valence-corrected chi connectivity index (χ0v) is 11.2. The number of terminal acetylenes is 1. The van der Waals surface area contributed by atoms with Crippen molar-refractivity contribution in [3.63, 3.8) is 0 Å². The van der Waals surface area contributed by atoms with E-state index in [0.717, 1.165) is 17.0 Å². The molecule has 94 valence electrons. The van der Waals surface area contributed by atoms with Gasteiger partial charge in [0.25, 0.3) is 0 Å². The molecule has 0 spiro atoms. The number of nitrogens with zero attached hydrogens (tertiary/aromatic N) is 3. The molecule has 0 saturated heterocycles. The van der Waals surface area contributed by atoms with E-state index in [1.807, 2.05) is 30.6 Å². The van der Waals surface area contributed by atoms with Crippen molar-refractivity contribution in [3.05, 3.63) is 24.2 Å². The smallest absolute Gasteiger partial charge is 0.153 e. The molecule has 0 fully saturated rings. The van der Waals surface area contributed by atoms with Crippen LogP contribution >= 0.6 is 0 Å². The van der Waals surface area contributed by atoms with E-state index < -0.39 is 5.54 Å². The van der Waals surface area contributed by atoms with Gasteiger partial charge in [0.1, 0.15) is 5.52 Å². The number of rotatable bonds is 3. The Bertz CT molecular complexity index is 602. The second-order valence-electron chi connectivity index (χ2n) is 5.22. The van der Waals surface area contributed by atoms with E-state index in [1.165, 1.54) is 0 Å². The third-order valence-electron chi connectivity index (χ3n) is 2.79. The van der Waals surface area contributed by atoms with Crippen molar-refractivity contribution in [2.45, 2.75) is 39.2 Å². The molecule has 0 bridgehead atoms. The van der Waals surface area contributed by atoms with Crippen LogP contribution in [0.25, 0.3) is 5.52 Å². The molecule has 4 heteroatoms. The summed E-state index contributed by atoms with van der Waals surface area (Å²) in [5.41, 5.74) is 1.56. The van der Waals surface area contributed by atoms with Crippen LogP contribution in [0.4, 0.5) is 5.82 Å². The molecule has 2 rings (SSSR count). The molecule has 0 unspecified atom stereocenters. The highest BCUT2D eigenvalue weighted by Gasteiger charge is 2.17. The quantitative estimate of drug-likeness (QED) is 0.841. The lowest BCUT2D eigenvalue weighted by atomic mass is 10.1. The molecule has 0 amide bonds. The van der Waals surface area contributed by atoms with Crippen LogP contribution < -0.4 is 5.32 Å². The summed E-state index contributed by atoms with van der Waals surface area (Å²) in [5, 5.41) is 7.77. The lowest BCUT2D eigenvalue weighted by molar-refractivity contribution is 0.734. The normalized spacial score (nSPS) is 11.8. The predicted octanol–water partition coefficient (Wildman–Crippen LogP) is 2.68. The van der Waals surface area contributed by atoms with E-state index in [2.05, 4.69) is 35.2 Å². The Labute approximate surface area is 107 Å². The fraction of sp³-hybridized carbons (Fsp3) is 0.429. The summed E-state index contributed by atoms with van der Waals surface area (Å²) in [6.45, 7) is 8.12. The van der Waals surface area contributed by atoms with Gasteiger partial charge in [0.05, 0.1) is 11.2 Å². The van der Waals surface area contributed by atoms with E-state index >= 15 is 0 Å². The van der Waals surface area contributed by atoms with E-state index in [4.69, 9.17) is 6.42 Å². The van der Waals surface area contributed by atoms with Crippen LogP contribution in [0.1, 0.15) is 39.3 Å². The van der Waals surface area contributed by atoms with Crippen molar-refractivity contribution in [1.82, 2.24) is 14.6 Å². The first kappa shape index (κ1) is 12.4. The van der Waals surface area contributed by atoms with Crippen molar-refractivity contribution >= 4 is 11.3 Å². The molecule has 0 radical (unpaired) electrons. The zero-order chi connectivity index (χ0) is 13.3. The first-order chi connectivity index (χ1) is 8.43. The minimum Gasteiger partial charge on any atom is -0.353 e. The van der Waals surface area contributed by atoms with Gasteiger partial charge in [-0.25, -0.2) is 9.50 Å². The summed E-state index contributed by atoms with van der Waals surface area (Å²) < 4.78 is 1.83. The highest BCUT2D eigenvalue weighted by atomic mass is 15.2. The van der Waals surface area contributed by atoms with Crippen LogP contribution in [-0.4, -0.2) is 20.1 Å². The van der Waals surface area contributed by atoms with Gasteiger partial charge in [0.2, 0.25) is 0 Å². The van der Waals surface area contributed by atoms with E-state index in [9.17, 15) is 0 Å². The SMILES string of the molecule is C#CC(C)(C)Nc1nccn2nc(C(C)C)cc12. The second kappa shape index (κ2) is 4.34. The van der Waals surface area contributed by atoms with Crippen LogP contribution in [0.2, 0.25) is 0 Å². The summed E-state index contributed by atoms with van der Waals surface area (Å²) in [6.07, 6.45) is 9.05. The zero-order valence-electron chi connectivity index (χ0n) is 11.2.